The van der Waals surface area contributed by atoms with Crippen LogP contribution in [0.5, 0.6) is 5.75 Å². The molecule has 0 aromatic heterocycles. The van der Waals surface area contributed by atoms with Gasteiger partial charge in [0.1, 0.15) is 17.4 Å². The molecule has 3 aromatic carbocycles. The fourth-order valence-corrected chi connectivity index (χ4v) is 8.61. The van der Waals surface area contributed by atoms with Crippen LogP contribution in [0.25, 0.3) is 0 Å². The van der Waals surface area contributed by atoms with Crippen LogP contribution < -0.4 is 19.4 Å². The molecule has 6 atom stereocenters. The number of benzene rings is 3. The number of aliphatic hydroxyl groups is 1. The third-order valence-electron chi connectivity index (χ3n) is 10.9. The Morgan fingerprint density at radius 1 is 0.804 bits per heavy atom. The summed E-state index contributed by atoms with van der Waals surface area (Å²) in [4.78, 5) is 52.2. The fourth-order valence-electron chi connectivity index (χ4n) is 8.61. The lowest BCUT2D eigenvalue weighted by Crippen LogP contribution is -2.57. The standard InChI is InChI=1S/C41H46N4O6/c1-5-42(6-2)29-15-17-30(18-16-29)44-26-12-24-41-35(38(48)45(36(41)39(44)49)33(27-46)28-13-9-8-10-14-28)34-37(47)43(25-11-23-40(34,4)51-41)31-19-21-32(22-20-31)50-7-3/h8-24,33-36,46H,5-7,25-27H2,1-4H3/t33-,34+,35+,36?,40-,41+/m1/s1. The summed E-state index contributed by atoms with van der Waals surface area (Å²) in [6.45, 7) is 10.3. The largest absolute Gasteiger partial charge is 0.494 e. The van der Waals surface area contributed by atoms with Gasteiger partial charge in [-0.1, -0.05) is 54.6 Å². The number of nitrogens with zero attached hydrogens (tertiary/aromatic N) is 4. The summed E-state index contributed by atoms with van der Waals surface area (Å²) in [5.41, 5.74) is 0.425. The van der Waals surface area contributed by atoms with Gasteiger partial charge in [-0.3, -0.25) is 14.4 Å². The topological polar surface area (TPSA) is 103 Å². The van der Waals surface area contributed by atoms with E-state index in [4.69, 9.17) is 9.47 Å². The highest BCUT2D eigenvalue weighted by atomic mass is 16.5. The Kier molecular flexibility index (Phi) is 9.24. The van der Waals surface area contributed by atoms with E-state index in [1.54, 1.807) is 9.80 Å². The molecule has 266 valence electrons. The molecule has 7 rings (SSSR count). The van der Waals surface area contributed by atoms with E-state index >= 15 is 9.59 Å². The summed E-state index contributed by atoms with van der Waals surface area (Å²) < 4.78 is 12.7. The third-order valence-corrected chi connectivity index (χ3v) is 10.9. The smallest absolute Gasteiger partial charge is 0.253 e. The molecule has 0 radical (unpaired) electrons. The quantitative estimate of drug-likeness (QED) is 0.294. The van der Waals surface area contributed by atoms with Crippen LogP contribution in [0, 0.1) is 11.8 Å². The van der Waals surface area contributed by atoms with Crippen molar-refractivity contribution in [2.24, 2.45) is 11.8 Å². The molecule has 0 bridgehead atoms. The second-order valence-corrected chi connectivity index (χ2v) is 13.7. The number of fused-ring (bicyclic) bond motifs is 2. The van der Waals surface area contributed by atoms with E-state index in [2.05, 4.69) is 18.7 Å². The molecule has 2 saturated heterocycles. The first kappa shape index (κ1) is 34.5. The number of carbonyl (C=O) groups is 3. The van der Waals surface area contributed by atoms with E-state index in [0.29, 0.717) is 35.8 Å². The molecule has 51 heavy (non-hydrogen) atoms. The Labute approximate surface area is 299 Å². The molecule has 1 spiro atoms. The Bertz CT molecular complexity index is 1820. The van der Waals surface area contributed by atoms with Crippen LogP contribution >= 0.6 is 0 Å². The van der Waals surface area contributed by atoms with Crippen LogP contribution in [0.2, 0.25) is 0 Å². The molecular weight excluding hydrogens is 644 g/mol. The van der Waals surface area contributed by atoms with Gasteiger partial charge in [-0.25, -0.2) is 0 Å². The minimum absolute atomic E-state index is 0.248. The predicted molar refractivity (Wildman–Crippen MR) is 197 cm³/mol. The van der Waals surface area contributed by atoms with E-state index in [0.717, 1.165) is 18.8 Å². The number of amides is 3. The zero-order valence-electron chi connectivity index (χ0n) is 29.6. The minimum atomic E-state index is -1.48. The van der Waals surface area contributed by atoms with Crippen molar-refractivity contribution in [3.8, 4) is 5.75 Å². The Hall–Kier alpha value is -4.93. The van der Waals surface area contributed by atoms with Crippen LogP contribution in [0.1, 0.15) is 39.3 Å². The van der Waals surface area contributed by atoms with Gasteiger partial charge in [0.2, 0.25) is 11.8 Å². The molecule has 0 saturated carbocycles. The highest BCUT2D eigenvalue weighted by Crippen LogP contribution is 2.59. The maximum absolute atomic E-state index is 15.1. The number of anilines is 3. The van der Waals surface area contributed by atoms with Gasteiger partial charge < -0.3 is 34.2 Å². The first-order valence-corrected chi connectivity index (χ1v) is 18.0. The number of aliphatic hydroxyl groups excluding tert-OH is 1. The SMILES string of the molecule is CCOc1ccc(N2CC=C[C@@]3(C)O[C@]45C=CCN(c6ccc(N(CC)CC)cc6)C(=O)C4N([C@H](CO)c4ccccc4)C(=O)[C@@H]5[C@H]3C2=O)cc1. The summed E-state index contributed by atoms with van der Waals surface area (Å²) in [5, 5.41) is 10.9. The van der Waals surface area contributed by atoms with E-state index in [1.165, 1.54) is 4.90 Å². The second kappa shape index (κ2) is 13.7. The van der Waals surface area contributed by atoms with Crippen LogP contribution in [0.3, 0.4) is 0 Å². The summed E-state index contributed by atoms with van der Waals surface area (Å²) >= 11 is 0. The highest BCUT2D eigenvalue weighted by molar-refractivity contribution is 6.08. The molecule has 10 heteroatoms. The molecule has 1 unspecified atom stereocenters. The van der Waals surface area contributed by atoms with Gasteiger partial charge in [0.15, 0.2) is 0 Å². The average molecular weight is 691 g/mol. The molecule has 3 aromatic rings. The van der Waals surface area contributed by atoms with Crippen LogP contribution in [-0.4, -0.2) is 84.4 Å². The van der Waals surface area contributed by atoms with Crippen molar-refractivity contribution in [3.63, 3.8) is 0 Å². The second-order valence-electron chi connectivity index (χ2n) is 13.7. The first-order chi connectivity index (χ1) is 24.7. The monoisotopic (exact) mass is 690 g/mol. The van der Waals surface area contributed by atoms with Gasteiger partial charge >= 0.3 is 0 Å². The summed E-state index contributed by atoms with van der Waals surface area (Å²) in [5.74, 6) is -2.28. The van der Waals surface area contributed by atoms with Crippen molar-refractivity contribution in [2.45, 2.75) is 51.0 Å². The molecule has 0 aliphatic carbocycles. The Morgan fingerprint density at radius 3 is 2.02 bits per heavy atom. The van der Waals surface area contributed by atoms with Crippen molar-refractivity contribution >= 4 is 34.8 Å². The molecule has 3 amide bonds. The number of likely N-dealkylation sites (tertiary alicyclic amines) is 1. The summed E-state index contributed by atoms with van der Waals surface area (Å²) in [6.07, 6.45) is 7.49. The van der Waals surface area contributed by atoms with E-state index < -0.39 is 47.6 Å². The zero-order valence-corrected chi connectivity index (χ0v) is 29.6. The lowest BCUT2D eigenvalue weighted by molar-refractivity contribution is -0.148. The lowest BCUT2D eigenvalue weighted by Gasteiger charge is -2.40. The van der Waals surface area contributed by atoms with Crippen LogP contribution in [0.4, 0.5) is 17.1 Å². The number of hydrogen-bond donors (Lipinski definition) is 1. The normalized spacial score (nSPS) is 27.5. The van der Waals surface area contributed by atoms with Gasteiger partial charge in [0.25, 0.3) is 5.91 Å². The number of hydrogen-bond acceptors (Lipinski definition) is 7. The maximum atomic E-state index is 15.1. The van der Waals surface area contributed by atoms with Gasteiger partial charge in [0.05, 0.1) is 36.7 Å². The third kappa shape index (κ3) is 5.61. The molecule has 4 heterocycles. The molecule has 4 aliphatic heterocycles. The van der Waals surface area contributed by atoms with Crippen molar-refractivity contribution in [1.29, 1.82) is 0 Å². The van der Waals surface area contributed by atoms with Crippen LogP contribution in [0.15, 0.2) is 103 Å². The molecule has 4 aliphatic rings. The van der Waals surface area contributed by atoms with E-state index in [-0.39, 0.29) is 18.4 Å². The molecule has 10 nitrogen and oxygen atoms in total. The molecule has 1 N–H and O–H groups in total. The molecule has 2 fully saturated rings. The van der Waals surface area contributed by atoms with Crippen molar-refractivity contribution in [2.75, 3.05) is 54.1 Å². The average Bonchev–Trinajstić information content (AvgIpc) is 3.41. The zero-order chi connectivity index (χ0) is 35.9. The summed E-state index contributed by atoms with van der Waals surface area (Å²) in [6, 6.07) is 22.4. The molecular formula is C41H46N4O6. The Balaban J connectivity index is 1.33. The lowest BCUT2D eigenvalue weighted by atomic mass is 9.74. The number of carbonyl (C=O) groups excluding carboxylic acids is 3. The maximum Gasteiger partial charge on any atom is 0.253 e. The number of rotatable bonds is 10. The predicted octanol–water partition coefficient (Wildman–Crippen LogP) is 5.14. The first-order valence-electron chi connectivity index (χ1n) is 18.0. The van der Waals surface area contributed by atoms with Crippen LogP contribution in [-0.2, 0) is 19.1 Å². The van der Waals surface area contributed by atoms with Crippen molar-refractivity contribution < 1.29 is 29.0 Å². The van der Waals surface area contributed by atoms with Crippen molar-refractivity contribution in [3.05, 3.63) is 109 Å². The van der Waals surface area contributed by atoms with Gasteiger partial charge in [-0.15, -0.1) is 0 Å². The highest BCUT2D eigenvalue weighted by Gasteiger charge is 2.75. The van der Waals surface area contributed by atoms with Crippen molar-refractivity contribution in [1.82, 2.24) is 4.90 Å². The van der Waals surface area contributed by atoms with E-state index in [1.807, 2.05) is 117 Å². The minimum Gasteiger partial charge on any atom is -0.494 e. The Morgan fingerprint density at radius 2 is 1.41 bits per heavy atom. The summed E-state index contributed by atoms with van der Waals surface area (Å²) in [7, 11) is 0. The van der Waals surface area contributed by atoms with Gasteiger partial charge in [-0.05, 0) is 81.8 Å². The number of ether oxygens (including phenoxy) is 2. The van der Waals surface area contributed by atoms with Gasteiger partial charge in [-0.2, -0.15) is 0 Å². The van der Waals surface area contributed by atoms with E-state index in [9.17, 15) is 9.90 Å². The fraction of sp³-hybridized carbons (Fsp3) is 0.390. The van der Waals surface area contributed by atoms with Gasteiger partial charge in [0, 0.05) is 43.2 Å².